The Morgan fingerprint density at radius 2 is 2.17 bits per heavy atom. The minimum atomic E-state index is -4.56. The Morgan fingerprint density at radius 1 is 1.56 bits per heavy atom. The molecular formula is C10H18F3N3O2. The summed E-state index contributed by atoms with van der Waals surface area (Å²) in [6.45, 7) is 5.24. The minimum absolute atomic E-state index is 0.221. The van der Waals surface area contributed by atoms with E-state index in [2.05, 4.69) is 17.1 Å². The molecule has 4 N–H and O–H groups in total. The van der Waals surface area contributed by atoms with Gasteiger partial charge in [0.1, 0.15) is 5.92 Å². The molecule has 0 radical (unpaired) electrons. The Labute approximate surface area is 103 Å². The Balaban J connectivity index is 4.17. The topological polar surface area (TPSA) is 79.9 Å². The van der Waals surface area contributed by atoms with E-state index in [1.807, 2.05) is 0 Å². The van der Waals surface area contributed by atoms with Gasteiger partial charge in [-0.2, -0.15) is 13.2 Å². The number of amidine groups is 1. The molecule has 0 heterocycles. The van der Waals surface area contributed by atoms with Crippen molar-refractivity contribution in [3.8, 4) is 0 Å². The lowest BCUT2D eigenvalue weighted by molar-refractivity contribution is -0.155. The van der Waals surface area contributed by atoms with Gasteiger partial charge < -0.3 is 21.0 Å². The van der Waals surface area contributed by atoms with E-state index in [-0.39, 0.29) is 12.6 Å². The Bertz CT molecular complexity index is 282. The van der Waals surface area contributed by atoms with E-state index in [0.717, 1.165) is 0 Å². The van der Waals surface area contributed by atoms with Crippen molar-refractivity contribution >= 4 is 5.84 Å². The lowest BCUT2D eigenvalue weighted by Crippen LogP contribution is -2.44. The highest BCUT2D eigenvalue weighted by Crippen LogP contribution is 2.25. The molecule has 106 valence electrons. The first-order valence-electron chi connectivity index (χ1n) is 5.30. The normalized spacial score (nSPS) is 16.3. The van der Waals surface area contributed by atoms with Crippen LogP contribution in [-0.4, -0.2) is 43.0 Å². The van der Waals surface area contributed by atoms with Gasteiger partial charge in [0.25, 0.3) is 0 Å². The zero-order valence-corrected chi connectivity index (χ0v) is 10.1. The van der Waals surface area contributed by atoms with Gasteiger partial charge in [-0.1, -0.05) is 11.2 Å². The van der Waals surface area contributed by atoms with Crippen LogP contribution in [0.2, 0.25) is 0 Å². The second-order valence-electron chi connectivity index (χ2n) is 3.71. The van der Waals surface area contributed by atoms with Crippen LogP contribution < -0.4 is 11.1 Å². The molecule has 0 bridgehead atoms. The molecule has 8 heteroatoms. The summed E-state index contributed by atoms with van der Waals surface area (Å²) in [5.41, 5.74) is 5.00. The fraction of sp³-hybridized carbons (Fsp3) is 0.700. The number of rotatable bonds is 8. The van der Waals surface area contributed by atoms with Crippen LogP contribution in [0.15, 0.2) is 17.8 Å². The zero-order valence-electron chi connectivity index (χ0n) is 10.1. The predicted molar refractivity (Wildman–Crippen MR) is 61.4 cm³/mol. The summed E-state index contributed by atoms with van der Waals surface area (Å²) >= 11 is 0. The summed E-state index contributed by atoms with van der Waals surface area (Å²) in [6, 6.07) is 0. The molecule has 0 amide bonds. The standard InChI is InChI=1S/C10H18F3N3O2/c1-3-4-18-7(2)5-15-6-8(9(14)16-17)10(11,12)13/h3,7-8,15,17H,1,4-6H2,2H3,(H2,14,16). The molecule has 0 aromatic heterocycles. The van der Waals surface area contributed by atoms with Gasteiger partial charge in [0.15, 0.2) is 5.84 Å². The van der Waals surface area contributed by atoms with Gasteiger partial charge >= 0.3 is 6.18 Å². The van der Waals surface area contributed by atoms with Crippen molar-refractivity contribution in [1.29, 1.82) is 0 Å². The summed E-state index contributed by atoms with van der Waals surface area (Å²) in [5.74, 6) is -2.89. The number of hydrogen-bond donors (Lipinski definition) is 3. The highest BCUT2D eigenvalue weighted by Gasteiger charge is 2.42. The average Bonchev–Trinajstić information content (AvgIpc) is 2.29. The van der Waals surface area contributed by atoms with Gasteiger partial charge in [0.05, 0.1) is 12.7 Å². The summed E-state index contributed by atoms with van der Waals surface area (Å²) < 4.78 is 42.8. The van der Waals surface area contributed by atoms with Crippen molar-refractivity contribution in [3.63, 3.8) is 0 Å². The molecule has 0 aliphatic heterocycles. The van der Waals surface area contributed by atoms with E-state index in [0.29, 0.717) is 6.61 Å². The molecule has 0 saturated carbocycles. The van der Waals surface area contributed by atoms with Crippen LogP contribution in [-0.2, 0) is 4.74 Å². The van der Waals surface area contributed by atoms with Gasteiger partial charge in [-0.15, -0.1) is 6.58 Å². The maximum atomic E-state index is 12.5. The maximum absolute atomic E-state index is 12.5. The molecule has 5 nitrogen and oxygen atoms in total. The average molecular weight is 269 g/mol. The van der Waals surface area contributed by atoms with E-state index >= 15 is 0 Å². The fourth-order valence-electron chi connectivity index (χ4n) is 1.18. The molecule has 2 atom stereocenters. The van der Waals surface area contributed by atoms with Crippen molar-refractivity contribution in [2.24, 2.45) is 16.8 Å². The van der Waals surface area contributed by atoms with Gasteiger partial charge in [0.2, 0.25) is 0 Å². The molecule has 18 heavy (non-hydrogen) atoms. The number of nitrogens with one attached hydrogen (secondary N) is 1. The molecule has 2 unspecified atom stereocenters. The number of ether oxygens (including phenoxy) is 1. The number of hydrogen-bond acceptors (Lipinski definition) is 4. The number of alkyl halides is 3. The summed E-state index contributed by atoms with van der Waals surface area (Å²) in [4.78, 5) is 0. The quantitative estimate of drug-likeness (QED) is 0.203. The third kappa shape index (κ3) is 6.45. The lowest BCUT2D eigenvalue weighted by Gasteiger charge is -2.20. The number of halogens is 3. The highest BCUT2D eigenvalue weighted by molar-refractivity contribution is 5.83. The third-order valence-electron chi connectivity index (χ3n) is 2.15. The van der Waals surface area contributed by atoms with Gasteiger partial charge in [0, 0.05) is 13.1 Å². The maximum Gasteiger partial charge on any atom is 0.400 e. The first-order valence-corrected chi connectivity index (χ1v) is 5.30. The van der Waals surface area contributed by atoms with Crippen molar-refractivity contribution < 1.29 is 23.1 Å². The summed E-state index contributed by atoms with van der Waals surface area (Å²) in [7, 11) is 0. The van der Waals surface area contributed by atoms with Crippen LogP contribution in [0, 0.1) is 5.92 Å². The van der Waals surface area contributed by atoms with Crippen molar-refractivity contribution in [2.45, 2.75) is 19.2 Å². The molecule has 0 saturated heterocycles. The van der Waals surface area contributed by atoms with Crippen LogP contribution in [0.3, 0.4) is 0 Å². The highest BCUT2D eigenvalue weighted by atomic mass is 19.4. The van der Waals surface area contributed by atoms with Gasteiger partial charge in [-0.25, -0.2) is 0 Å². The SMILES string of the molecule is C=CCOC(C)CNCC(/C(N)=N/O)C(F)(F)F. The second-order valence-corrected chi connectivity index (χ2v) is 3.71. The van der Waals surface area contributed by atoms with Crippen molar-refractivity contribution in [2.75, 3.05) is 19.7 Å². The van der Waals surface area contributed by atoms with Crippen LogP contribution in [0.4, 0.5) is 13.2 Å². The van der Waals surface area contributed by atoms with Crippen LogP contribution in [0.1, 0.15) is 6.92 Å². The van der Waals surface area contributed by atoms with Crippen LogP contribution in [0.25, 0.3) is 0 Å². The Kier molecular flexibility index (Phi) is 7.37. The van der Waals surface area contributed by atoms with Gasteiger partial charge in [-0.3, -0.25) is 0 Å². The van der Waals surface area contributed by atoms with Crippen molar-refractivity contribution in [1.82, 2.24) is 5.32 Å². The molecule has 0 aliphatic rings. The number of nitrogens with two attached hydrogens (primary N) is 1. The Morgan fingerprint density at radius 3 is 2.61 bits per heavy atom. The molecule has 0 rings (SSSR count). The van der Waals surface area contributed by atoms with E-state index in [1.165, 1.54) is 0 Å². The molecule has 0 spiro atoms. The molecule has 0 aromatic carbocycles. The molecule has 0 aromatic rings. The van der Waals surface area contributed by atoms with E-state index in [9.17, 15) is 13.2 Å². The smallest absolute Gasteiger partial charge is 0.400 e. The monoisotopic (exact) mass is 269 g/mol. The summed E-state index contributed by atoms with van der Waals surface area (Å²) in [5, 5.41) is 13.2. The van der Waals surface area contributed by atoms with Crippen LogP contribution >= 0.6 is 0 Å². The van der Waals surface area contributed by atoms with Crippen LogP contribution in [0.5, 0.6) is 0 Å². The number of oxime groups is 1. The second kappa shape index (κ2) is 7.93. The van der Waals surface area contributed by atoms with E-state index < -0.39 is 24.5 Å². The molecular weight excluding hydrogens is 251 g/mol. The molecule has 0 aliphatic carbocycles. The first kappa shape index (κ1) is 16.7. The predicted octanol–water partition coefficient (Wildman–Crippen LogP) is 1.09. The summed E-state index contributed by atoms with van der Waals surface area (Å²) in [6.07, 6.45) is -3.27. The van der Waals surface area contributed by atoms with Gasteiger partial charge in [-0.05, 0) is 6.92 Å². The fourth-order valence-corrected chi connectivity index (χ4v) is 1.18. The van der Waals surface area contributed by atoms with E-state index in [1.54, 1.807) is 13.0 Å². The minimum Gasteiger partial charge on any atom is -0.409 e. The largest absolute Gasteiger partial charge is 0.409 e. The third-order valence-corrected chi connectivity index (χ3v) is 2.15. The van der Waals surface area contributed by atoms with Crippen molar-refractivity contribution in [3.05, 3.63) is 12.7 Å². The number of nitrogens with zero attached hydrogens (tertiary/aromatic N) is 1. The first-order chi connectivity index (χ1) is 8.32. The Hall–Kier alpha value is -1.28. The molecule has 0 fully saturated rings. The zero-order chi connectivity index (χ0) is 14.2. The van der Waals surface area contributed by atoms with E-state index in [4.69, 9.17) is 15.7 Å². The lowest BCUT2D eigenvalue weighted by atomic mass is 10.1.